The van der Waals surface area contributed by atoms with Crippen LogP contribution in [0.4, 0.5) is 4.39 Å². The fourth-order valence-corrected chi connectivity index (χ4v) is 2.80. The van der Waals surface area contributed by atoms with Crippen molar-refractivity contribution < 1.29 is 19.0 Å². The lowest BCUT2D eigenvalue weighted by Crippen LogP contribution is -2.57. The minimum atomic E-state index is -1.27. The zero-order valence-corrected chi connectivity index (χ0v) is 13.7. The van der Waals surface area contributed by atoms with E-state index in [-0.39, 0.29) is 12.0 Å². The molecule has 1 N–H and O–H groups in total. The molecule has 24 heavy (non-hydrogen) atoms. The van der Waals surface area contributed by atoms with E-state index in [1.165, 1.54) is 24.3 Å². The standard InChI is InChI=1S/C19H20FNO3/c1-12-4-3-5-13(2)18(12)24-16-10-21(11-16)19(23)17(22)14-6-8-15(20)9-7-14/h3-9,16-17,22H,10-11H2,1-2H3. The molecule has 1 atom stereocenters. The van der Waals surface area contributed by atoms with Crippen molar-refractivity contribution in [3.8, 4) is 5.75 Å². The second kappa shape index (κ2) is 6.61. The molecule has 2 aromatic rings. The minimum Gasteiger partial charge on any atom is -0.486 e. The number of hydrogen-bond acceptors (Lipinski definition) is 3. The van der Waals surface area contributed by atoms with Crippen LogP contribution in [0.25, 0.3) is 0 Å². The van der Waals surface area contributed by atoms with Crippen molar-refractivity contribution in [2.45, 2.75) is 26.1 Å². The lowest BCUT2D eigenvalue weighted by Gasteiger charge is -2.40. The number of likely N-dealkylation sites (tertiary alicyclic amines) is 1. The van der Waals surface area contributed by atoms with E-state index < -0.39 is 11.9 Å². The van der Waals surface area contributed by atoms with Gasteiger partial charge in [0.2, 0.25) is 0 Å². The van der Waals surface area contributed by atoms with Gasteiger partial charge in [-0.1, -0.05) is 30.3 Å². The SMILES string of the molecule is Cc1cccc(C)c1OC1CN(C(=O)C(O)c2ccc(F)cc2)C1. The molecule has 5 heteroatoms. The zero-order valence-electron chi connectivity index (χ0n) is 13.7. The fourth-order valence-electron chi connectivity index (χ4n) is 2.80. The predicted molar refractivity (Wildman–Crippen MR) is 88.3 cm³/mol. The molecule has 1 aliphatic heterocycles. The van der Waals surface area contributed by atoms with E-state index in [2.05, 4.69) is 0 Å². The highest BCUT2D eigenvalue weighted by atomic mass is 19.1. The van der Waals surface area contributed by atoms with Gasteiger partial charge in [0.1, 0.15) is 17.7 Å². The molecule has 4 nitrogen and oxygen atoms in total. The maximum atomic E-state index is 12.9. The Morgan fingerprint density at radius 2 is 1.75 bits per heavy atom. The topological polar surface area (TPSA) is 49.8 Å². The van der Waals surface area contributed by atoms with E-state index >= 15 is 0 Å². The molecule has 1 heterocycles. The first kappa shape index (κ1) is 16.5. The molecule has 1 saturated heterocycles. The number of aryl methyl sites for hydroxylation is 2. The van der Waals surface area contributed by atoms with E-state index in [4.69, 9.17) is 4.74 Å². The normalized spacial score (nSPS) is 15.8. The van der Waals surface area contributed by atoms with Gasteiger partial charge < -0.3 is 14.7 Å². The Morgan fingerprint density at radius 3 is 2.33 bits per heavy atom. The summed E-state index contributed by atoms with van der Waals surface area (Å²) in [5.74, 6) is 0.0704. The van der Waals surface area contributed by atoms with Crippen LogP contribution in [0.5, 0.6) is 5.75 Å². The Labute approximate surface area is 140 Å². The summed E-state index contributed by atoms with van der Waals surface area (Å²) in [6.07, 6.45) is -1.35. The number of para-hydroxylation sites is 1. The number of aliphatic hydroxyl groups is 1. The summed E-state index contributed by atoms with van der Waals surface area (Å²) in [6, 6.07) is 11.3. The van der Waals surface area contributed by atoms with E-state index in [0.29, 0.717) is 18.7 Å². The molecule has 0 aromatic heterocycles. The third-order valence-corrected chi connectivity index (χ3v) is 4.27. The van der Waals surface area contributed by atoms with Crippen molar-refractivity contribution in [3.05, 3.63) is 65.0 Å². The van der Waals surface area contributed by atoms with Crippen molar-refractivity contribution in [2.75, 3.05) is 13.1 Å². The molecule has 1 aliphatic rings. The smallest absolute Gasteiger partial charge is 0.256 e. The van der Waals surface area contributed by atoms with Crippen molar-refractivity contribution in [1.82, 2.24) is 4.90 Å². The van der Waals surface area contributed by atoms with Gasteiger partial charge in [0.25, 0.3) is 5.91 Å². The average molecular weight is 329 g/mol. The molecule has 1 amide bonds. The Hall–Kier alpha value is -2.40. The second-order valence-electron chi connectivity index (χ2n) is 6.16. The number of rotatable bonds is 4. The van der Waals surface area contributed by atoms with Crippen LogP contribution in [-0.4, -0.2) is 35.1 Å². The van der Waals surface area contributed by atoms with Gasteiger partial charge in [0, 0.05) is 0 Å². The summed E-state index contributed by atoms with van der Waals surface area (Å²) < 4.78 is 18.9. The first-order valence-corrected chi connectivity index (χ1v) is 7.91. The molecule has 0 bridgehead atoms. The largest absolute Gasteiger partial charge is 0.486 e. The zero-order chi connectivity index (χ0) is 17.3. The summed E-state index contributed by atoms with van der Waals surface area (Å²) in [7, 11) is 0. The highest BCUT2D eigenvalue weighted by molar-refractivity contribution is 5.82. The van der Waals surface area contributed by atoms with Crippen LogP contribution in [0.2, 0.25) is 0 Å². The van der Waals surface area contributed by atoms with Crippen molar-refractivity contribution >= 4 is 5.91 Å². The van der Waals surface area contributed by atoms with E-state index in [0.717, 1.165) is 16.9 Å². The number of benzene rings is 2. The van der Waals surface area contributed by atoms with Gasteiger partial charge in [-0.2, -0.15) is 0 Å². The number of carbonyl (C=O) groups is 1. The van der Waals surface area contributed by atoms with E-state index in [1.807, 2.05) is 32.0 Å². The lowest BCUT2D eigenvalue weighted by molar-refractivity contribution is -0.149. The maximum Gasteiger partial charge on any atom is 0.256 e. The molecule has 0 saturated carbocycles. The highest BCUT2D eigenvalue weighted by Crippen LogP contribution is 2.27. The number of carbonyl (C=O) groups excluding carboxylic acids is 1. The Kier molecular flexibility index (Phi) is 4.53. The molecule has 0 spiro atoms. The molecule has 2 aromatic carbocycles. The number of nitrogens with zero attached hydrogens (tertiary/aromatic N) is 1. The summed E-state index contributed by atoms with van der Waals surface area (Å²) in [5.41, 5.74) is 2.51. The van der Waals surface area contributed by atoms with Crippen LogP contribution < -0.4 is 4.74 Å². The molecule has 0 aliphatic carbocycles. The number of amides is 1. The Bertz CT molecular complexity index is 719. The monoisotopic (exact) mass is 329 g/mol. The van der Waals surface area contributed by atoms with Gasteiger partial charge >= 0.3 is 0 Å². The number of aliphatic hydroxyl groups excluding tert-OH is 1. The van der Waals surface area contributed by atoms with Crippen LogP contribution in [0.15, 0.2) is 42.5 Å². The van der Waals surface area contributed by atoms with Crippen molar-refractivity contribution in [2.24, 2.45) is 0 Å². The summed E-state index contributed by atoms with van der Waals surface area (Å²) in [6.45, 7) is 4.85. The van der Waals surface area contributed by atoms with Crippen molar-refractivity contribution in [3.63, 3.8) is 0 Å². The lowest BCUT2D eigenvalue weighted by atomic mass is 10.0. The van der Waals surface area contributed by atoms with Crippen LogP contribution in [0.1, 0.15) is 22.8 Å². The van der Waals surface area contributed by atoms with Gasteiger partial charge in [-0.25, -0.2) is 4.39 Å². The average Bonchev–Trinajstić information content (AvgIpc) is 2.52. The quantitative estimate of drug-likeness (QED) is 0.938. The molecule has 126 valence electrons. The first-order valence-electron chi connectivity index (χ1n) is 7.91. The Morgan fingerprint density at radius 1 is 1.17 bits per heavy atom. The van der Waals surface area contributed by atoms with E-state index in [9.17, 15) is 14.3 Å². The maximum absolute atomic E-state index is 12.9. The number of ether oxygens (including phenoxy) is 1. The molecular weight excluding hydrogens is 309 g/mol. The van der Waals surface area contributed by atoms with E-state index in [1.54, 1.807) is 4.90 Å². The summed E-state index contributed by atoms with van der Waals surface area (Å²) >= 11 is 0. The summed E-state index contributed by atoms with van der Waals surface area (Å²) in [4.78, 5) is 13.8. The van der Waals surface area contributed by atoms with Gasteiger partial charge in [-0.05, 0) is 42.7 Å². The highest BCUT2D eigenvalue weighted by Gasteiger charge is 2.36. The van der Waals surface area contributed by atoms with Gasteiger partial charge in [-0.15, -0.1) is 0 Å². The molecule has 3 rings (SSSR count). The van der Waals surface area contributed by atoms with Gasteiger partial charge in [-0.3, -0.25) is 4.79 Å². The molecule has 1 unspecified atom stereocenters. The first-order chi connectivity index (χ1) is 11.5. The molecule has 0 radical (unpaired) electrons. The van der Waals surface area contributed by atoms with Crippen molar-refractivity contribution in [1.29, 1.82) is 0 Å². The Balaban J connectivity index is 1.58. The van der Waals surface area contributed by atoms with Crippen LogP contribution in [-0.2, 0) is 4.79 Å². The fraction of sp³-hybridized carbons (Fsp3) is 0.316. The third kappa shape index (κ3) is 3.26. The van der Waals surface area contributed by atoms with Crippen LogP contribution in [0, 0.1) is 19.7 Å². The molecular formula is C19H20FNO3. The predicted octanol–water partition coefficient (Wildman–Crippen LogP) is 2.77. The molecule has 1 fully saturated rings. The van der Waals surface area contributed by atoms with Crippen LogP contribution in [0.3, 0.4) is 0 Å². The van der Waals surface area contributed by atoms with Crippen LogP contribution >= 0.6 is 0 Å². The number of halogens is 1. The van der Waals surface area contributed by atoms with Gasteiger partial charge in [0.15, 0.2) is 6.10 Å². The third-order valence-electron chi connectivity index (χ3n) is 4.27. The number of hydrogen-bond donors (Lipinski definition) is 1. The summed E-state index contributed by atoms with van der Waals surface area (Å²) in [5, 5.41) is 10.1. The minimum absolute atomic E-state index is 0.0748. The second-order valence-corrected chi connectivity index (χ2v) is 6.16. The van der Waals surface area contributed by atoms with Gasteiger partial charge in [0.05, 0.1) is 13.1 Å².